The van der Waals surface area contributed by atoms with E-state index >= 15 is 0 Å². The van der Waals surface area contributed by atoms with Gasteiger partial charge in [0.15, 0.2) is 6.29 Å². The highest BCUT2D eigenvalue weighted by atomic mass is 32.1. The quantitative estimate of drug-likeness (QED) is 0.739. The molecule has 0 radical (unpaired) electrons. The van der Waals surface area contributed by atoms with E-state index in [2.05, 4.69) is 0 Å². The first-order valence-electron chi connectivity index (χ1n) is 4.43. The summed E-state index contributed by atoms with van der Waals surface area (Å²) in [5.74, 6) is 0. The van der Waals surface area contributed by atoms with Crippen LogP contribution in [0.1, 0.15) is 20.0 Å². The number of thiophene rings is 1. The third kappa shape index (κ3) is 2.02. The Kier molecular flexibility index (Phi) is 2.74. The Morgan fingerprint density at radius 2 is 1.67 bits per heavy atom. The van der Waals surface area contributed by atoms with Crippen LogP contribution in [0, 0.1) is 0 Å². The largest absolute Gasteiger partial charge is 0.298 e. The van der Waals surface area contributed by atoms with Gasteiger partial charge in [-0.25, -0.2) is 0 Å². The number of benzene rings is 1. The summed E-state index contributed by atoms with van der Waals surface area (Å²) in [4.78, 5) is 21.7. The molecule has 3 heteroatoms. The molecule has 0 spiro atoms. The van der Waals surface area contributed by atoms with Gasteiger partial charge < -0.3 is 0 Å². The van der Waals surface area contributed by atoms with Crippen LogP contribution in [0.3, 0.4) is 0 Å². The van der Waals surface area contributed by atoms with Crippen LogP contribution >= 0.6 is 11.3 Å². The Morgan fingerprint density at radius 3 is 2.20 bits per heavy atom. The third-order valence-electron chi connectivity index (χ3n) is 2.12. The first-order valence-corrected chi connectivity index (χ1v) is 5.31. The lowest BCUT2D eigenvalue weighted by Crippen LogP contribution is -1.79. The molecule has 0 bridgehead atoms. The Hall–Kier alpha value is -1.74. The summed E-state index contributed by atoms with van der Waals surface area (Å²) in [5, 5.41) is 1.93. The van der Waals surface area contributed by atoms with Crippen molar-refractivity contribution >= 4 is 23.9 Å². The van der Waals surface area contributed by atoms with Crippen molar-refractivity contribution in [2.75, 3.05) is 0 Å². The van der Waals surface area contributed by atoms with Gasteiger partial charge in [0.05, 0.1) is 4.88 Å². The van der Waals surface area contributed by atoms with Crippen molar-refractivity contribution < 1.29 is 9.59 Å². The van der Waals surface area contributed by atoms with Crippen LogP contribution in [0.15, 0.2) is 35.7 Å². The monoisotopic (exact) mass is 216 g/mol. The van der Waals surface area contributed by atoms with Crippen molar-refractivity contribution in [3.63, 3.8) is 0 Å². The second kappa shape index (κ2) is 4.19. The highest BCUT2D eigenvalue weighted by molar-refractivity contribution is 7.12. The number of carbonyl (C=O) groups excluding carboxylic acids is 2. The summed E-state index contributed by atoms with van der Waals surface area (Å²) in [6, 6.07) is 9.12. The molecule has 0 amide bonds. The van der Waals surface area contributed by atoms with E-state index in [1.807, 2.05) is 23.6 Å². The van der Waals surface area contributed by atoms with Crippen LogP contribution in [0.4, 0.5) is 0 Å². The van der Waals surface area contributed by atoms with Gasteiger partial charge in [0.2, 0.25) is 0 Å². The zero-order chi connectivity index (χ0) is 10.7. The Labute approximate surface area is 91.2 Å². The van der Waals surface area contributed by atoms with Crippen molar-refractivity contribution in [2.24, 2.45) is 0 Å². The lowest BCUT2D eigenvalue weighted by Gasteiger charge is -1.96. The molecule has 0 saturated carbocycles. The van der Waals surface area contributed by atoms with Crippen molar-refractivity contribution in [1.82, 2.24) is 0 Å². The molecule has 0 aliphatic heterocycles. The second-order valence-electron chi connectivity index (χ2n) is 3.10. The van der Waals surface area contributed by atoms with Gasteiger partial charge in [0.25, 0.3) is 0 Å². The first-order chi connectivity index (χ1) is 7.33. The Bertz CT molecular complexity index is 483. The van der Waals surface area contributed by atoms with E-state index in [0.717, 1.165) is 23.7 Å². The smallest absolute Gasteiger partial charge is 0.160 e. The standard InChI is InChI=1S/C12H8O2S/c13-6-9-1-3-10(4-2-9)11-5-12(7-14)15-8-11/h1-8H. The first kappa shape index (κ1) is 9.80. The van der Waals surface area contributed by atoms with E-state index in [1.165, 1.54) is 11.3 Å². The molecule has 0 unspecified atom stereocenters. The summed E-state index contributed by atoms with van der Waals surface area (Å²) in [5.41, 5.74) is 2.69. The van der Waals surface area contributed by atoms with Crippen molar-refractivity contribution in [3.8, 4) is 11.1 Å². The zero-order valence-corrected chi connectivity index (χ0v) is 8.66. The molecule has 0 aliphatic carbocycles. The number of carbonyl (C=O) groups is 2. The SMILES string of the molecule is O=Cc1ccc(-c2csc(C=O)c2)cc1. The minimum absolute atomic E-state index is 0.657. The molecule has 1 aromatic heterocycles. The summed E-state index contributed by atoms with van der Waals surface area (Å²) in [6.45, 7) is 0. The molecular formula is C12H8O2S. The molecule has 2 aromatic rings. The van der Waals surface area contributed by atoms with Crippen LogP contribution in [0.5, 0.6) is 0 Å². The molecule has 0 fully saturated rings. The maximum absolute atomic E-state index is 10.5. The van der Waals surface area contributed by atoms with E-state index in [4.69, 9.17) is 0 Å². The molecule has 1 aromatic carbocycles. The van der Waals surface area contributed by atoms with E-state index in [-0.39, 0.29) is 0 Å². The van der Waals surface area contributed by atoms with Crippen LogP contribution < -0.4 is 0 Å². The molecule has 0 atom stereocenters. The van der Waals surface area contributed by atoms with Crippen molar-refractivity contribution in [3.05, 3.63) is 46.2 Å². The molecule has 0 saturated heterocycles. The zero-order valence-electron chi connectivity index (χ0n) is 7.84. The highest BCUT2D eigenvalue weighted by Gasteiger charge is 2.01. The van der Waals surface area contributed by atoms with Gasteiger partial charge in [0.1, 0.15) is 6.29 Å². The number of rotatable bonds is 3. The lowest BCUT2D eigenvalue weighted by atomic mass is 10.1. The lowest BCUT2D eigenvalue weighted by molar-refractivity contribution is 0.111. The molecule has 1 heterocycles. The summed E-state index contributed by atoms with van der Waals surface area (Å²) in [6.07, 6.45) is 1.65. The van der Waals surface area contributed by atoms with Gasteiger partial charge in [-0.2, -0.15) is 0 Å². The van der Waals surface area contributed by atoms with Gasteiger partial charge in [-0.15, -0.1) is 11.3 Å². The maximum atomic E-state index is 10.5. The van der Waals surface area contributed by atoms with Gasteiger partial charge >= 0.3 is 0 Å². The molecule has 0 aliphatic rings. The molecule has 0 N–H and O–H groups in total. The third-order valence-corrected chi connectivity index (χ3v) is 2.97. The minimum atomic E-state index is 0.657. The minimum Gasteiger partial charge on any atom is -0.298 e. The van der Waals surface area contributed by atoms with Crippen LogP contribution in [0.25, 0.3) is 11.1 Å². The number of hydrogen-bond donors (Lipinski definition) is 0. The normalized spacial score (nSPS) is 9.87. The van der Waals surface area contributed by atoms with E-state index < -0.39 is 0 Å². The van der Waals surface area contributed by atoms with E-state index in [9.17, 15) is 9.59 Å². The average molecular weight is 216 g/mol. The molecule has 74 valence electrons. The number of aldehydes is 2. The Balaban J connectivity index is 2.36. The summed E-state index contributed by atoms with van der Waals surface area (Å²) >= 11 is 1.42. The van der Waals surface area contributed by atoms with E-state index in [1.54, 1.807) is 12.1 Å². The van der Waals surface area contributed by atoms with Crippen molar-refractivity contribution in [1.29, 1.82) is 0 Å². The fourth-order valence-electron chi connectivity index (χ4n) is 1.32. The predicted molar refractivity (Wildman–Crippen MR) is 60.5 cm³/mol. The number of hydrogen-bond acceptors (Lipinski definition) is 3. The maximum Gasteiger partial charge on any atom is 0.160 e. The molecule has 15 heavy (non-hydrogen) atoms. The summed E-state index contributed by atoms with van der Waals surface area (Å²) < 4.78 is 0. The van der Waals surface area contributed by atoms with Crippen LogP contribution in [-0.2, 0) is 0 Å². The van der Waals surface area contributed by atoms with Gasteiger partial charge in [-0.3, -0.25) is 9.59 Å². The highest BCUT2D eigenvalue weighted by Crippen LogP contribution is 2.24. The summed E-state index contributed by atoms with van der Waals surface area (Å²) in [7, 11) is 0. The predicted octanol–water partition coefficient (Wildman–Crippen LogP) is 3.04. The van der Waals surface area contributed by atoms with Gasteiger partial charge in [0, 0.05) is 5.56 Å². The average Bonchev–Trinajstić information content (AvgIpc) is 2.78. The van der Waals surface area contributed by atoms with Gasteiger partial charge in [-0.05, 0) is 22.6 Å². The van der Waals surface area contributed by atoms with Gasteiger partial charge in [-0.1, -0.05) is 24.3 Å². The topological polar surface area (TPSA) is 34.1 Å². The Morgan fingerprint density at radius 1 is 0.933 bits per heavy atom. The molecule has 2 rings (SSSR count). The second-order valence-corrected chi connectivity index (χ2v) is 4.04. The van der Waals surface area contributed by atoms with Crippen LogP contribution in [-0.4, -0.2) is 12.6 Å². The van der Waals surface area contributed by atoms with Crippen LogP contribution in [0.2, 0.25) is 0 Å². The fourth-order valence-corrected chi connectivity index (χ4v) is 2.04. The fraction of sp³-hybridized carbons (Fsp3) is 0. The molecular weight excluding hydrogens is 208 g/mol. The molecule has 2 nitrogen and oxygen atoms in total. The van der Waals surface area contributed by atoms with E-state index in [0.29, 0.717) is 10.4 Å². The van der Waals surface area contributed by atoms with Crippen molar-refractivity contribution in [2.45, 2.75) is 0 Å².